The second-order valence-electron chi connectivity index (χ2n) is 7.25. The topological polar surface area (TPSA) is 70.6 Å². The normalized spacial score (nSPS) is 11.5. The van der Waals surface area contributed by atoms with Gasteiger partial charge in [0.05, 0.1) is 15.1 Å². The van der Waals surface area contributed by atoms with Gasteiger partial charge >= 0.3 is 0 Å². The summed E-state index contributed by atoms with van der Waals surface area (Å²) in [6, 6.07) is 11.9. The van der Waals surface area contributed by atoms with E-state index in [0.29, 0.717) is 23.2 Å². The highest BCUT2D eigenvalue weighted by molar-refractivity contribution is 7.92. The molecule has 2 aromatic carbocycles. The summed E-state index contributed by atoms with van der Waals surface area (Å²) in [7, 11) is -3.76. The monoisotopic (exact) mass is 515 g/mol. The molecule has 32 heavy (non-hydrogen) atoms. The van der Waals surface area contributed by atoms with Gasteiger partial charge in [-0.25, -0.2) is 13.4 Å². The largest absolute Gasteiger partial charge is 0.302 e. The standard InChI is InChI=1S/C22H26ClN3O3S2.ClH/c1-4-25(5-2)12-13-26(22-24-19-11-8-17(23)14-20(19)30-22)21(27)15-31(28,29)18-9-6-16(3)7-10-18;/h6-11,14H,4-5,12-13,15H2,1-3H3;1H. The summed E-state index contributed by atoms with van der Waals surface area (Å²) < 4.78 is 26.6. The Bertz CT molecular complexity index is 1160. The zero-order valence-corrected chi connectivity index (χ0v) is 21.5. The minimum Gasteiger partial charge on any atom is -0.302 e. The first-order chi connectivity index (χ1) is 14.7. The third-order valence-electron chi connectivity index (χ3n) is 5.10. The molecule has 6 nitrogen and oxygen atoms in total. The van der Waals surface area contributed by atoms with Gasteiger partial charge in [-0.3, -0.25) is 9.69 Å². The first-order valence-electron chi connectivity index (χ1n) is 10.1. The second-order valence-corrected chi connectivity index (χ2v) is 10.7. The number of carbonyl (C=O) groups is 1. The molecule has 0 saturated carbocycles. The molecule has 0 N–H and O–H groups in total. The van der Waals surface area contributed by atoms with E-state index < -0.39 is 21.5 Å². The zero-order chi connectivity index (χ0) is 22.6. The fourth-order valence-electron chi connectivity index (χ4n) is 3.18. The number of thiazole rings is 1. The molecule has 0 fully saturated rings. The van der Waals surface area contributed by atoms with Gasteiger partial charge in [0.15, 0.2) is 15.0 Å². The van der Waals surface area contributed by atoms with Gasteiger partial charge in [-0.1, -0.05) is 54.5 Å². The van der Waals surface area contributed by atoms with E-state index in [1.165, 1.54) is 28.4 Å². The predicted molar refractivity (Wildman–Crippen MR) is 135 cm³/mol. The highest BCUT2D eigenvalue weighted by atomic mass is 35.5. The van der Waals surface area contributed by atoms with Gasteiger partial charge < -0.3 is 4.90 Å². The van der Waals surface area contributed by atoms with Gasteiger partial charge in [0.2, 0.25) is 5.91 Å². The van der Waals surface area contributed by atoms with E-state index >= 15 is 0 Å². The van der Waals surface area contributed by atoms with Crippen molar-refractivity contribution < 1.29 is 13.2 Å². The number of carbonyl (C=O) groups excluding carboxylic acids is 1. The molecule has 1 amide bonds. The number of nitrogens with zero attached hydrogens (tertiary/aromatic N) is 3. The van der Waals surface area contributed by atoms with E-state index in [1.54, 1.807) is 30.3 Å². The first-order valence-corrected chi connectivity index (χ1v) is 13.0. The van der Waals surface area contributed by atoms with Gasteiger partial charge in [0.1, 0.15) is 5.75 Å². The summed E-state index contributed by atoms with van der Waals surface area (Å²) in [5.74, 6) is -1.09. The van der Waals surface area contributed by atoms with Crippen LogP contribution in [0.4, 0.5) is 5.13 Å². The number of benzene rings is 2. The number of rotatable bonds is 9. The molecule has 174 valence electrons. The Morgan fingerprint density at radius 2 is 1.72 bits per heavy atom. The lowest BCUT2D eigenvalue weighted by Gasteiger charge is -2.24. The molecular formula is C22H27Cl2N3O3S2. The molecule has 0 saturated heterocycles. The van der Waals surface area contributed by atoms with Crippen molar-refractivity contribution in [3.63, 3.8) is 0 Å². The van der Waals surface area contributed by atoms with E-state index in [-0.39, 0.29) is 17.3 Å². The fourth-order valence-corrected chi connectivity index (χ4v) is 5.66. The van der Waals surface area contributed by atoms with Crippen molar-refractivity contribution in [2.24, 2.45) is 0 Å². The Morgan fingerprint density at radius 3 is 2.34 bits per heavy atom. The van der Waals surface area contributed by atoms with Crippen LogP contribution in [0.1, 0.15) is 19.4 Å². The van der Waals surface area contributed by atoms with E-state index in [2.05, 4.69) is 23.7 Å². The van der Waals surface area contributed by atoms with Crippen molar-refractivity contribution in [3.8, 4) is 0 Å². The molecule has 3 aromatic rings. The van der Waals surface area contributed by atoms with E-state index in [1.807, 2.05) is 6.92 Å². The Labute approximate surface area is 204 Å². The fraction of sp³-hybridized carbons (Fsp3) is 0.364. The molecule has 0 radical (unpaired) electrons. The Balaban J connectivity index is 0.00000363. The molecule has 0 aliphatic carbocycles. The van der Waals surface area contributed by atoms with Gasteiger partial charge in [-0.05, 0) is 50.3 Å². The molecular weight excluding hydrogens is 489 g/mol. The molecule has 1 aromatic heterocycles. The number of amides is 1. The van der Waals surface area contributed by atoms with Crippen molar-refractivity contribution >= 4 is 66.4 Å². The molecule has 1 heterocycles. The van der Waals surface area contributed by atoms with Crippen LogP contribution in [0, 0.1) is 6.92 Å². The van der Waals surface area contributed by atoms with Crippen molar-refractivity contribution in [1.29, 1.82) is 0 Å². The molecule has 0 bridgehead atoms. The average Bonchev–Trinajstić information content (AvgIpc) is 3.13. The smallest absolute Gasteiger partial charge is 0.244 e. The summed E-state index contributed by atoms with van der Waals surface area (Å²) in [4.78, 5) is 21.6. The Hall–Kier alpha value is -1.71. The minimum atomic E-state index is -3.76. The van der Waals surface area contributed by atoms with Crippen LogP contribution in [-0.4, -0.2) is 56.1 Å². The second kappa shape index (κ2) is 11.4. The number of hydrogen-bond acceptors (Lipinski definition) is 6. The SMILES string of the molecule is CCN(CC)CCN(C(=O)CS(=O)(=O)c1ccc(C)cc1)c1nc2ccc(Cl)cc2s1.Cl. The van der Waals surface area contributed by atoms with Crippen LogP contribution in [0.2, 0.25) is 5.02 Å². The summed E-state index contributed by atoms with van der Waals surface area (Å²) >= 11 is 7.42. The van der Waals surface area contributed by atoms with Gasteiger partial charge in [0, 0.05) is 18.1 Å². The molecule has 0 aliphatic heterocycles. The summed E-state index contributed by atoms with van der Waals surface area (Å²) in [5, 5.41) is 1.07. The van der Waals surface area contributed by atoms with Crippen LogP contribution < -0.4 is 4.90 Å². The predicted octanol–water partition coefficient (Wildman–Crippen LogP) is 4.83. The number of aryl methyl sites for hydroxylation is 1. The molecule has 0 atom stereocenters. The highest BCUT2D eigenvalue weighted by Crippen LogP contribution is 2.31. The van der Waals surface area contributed by atoms with Gasteiger partial charge in [0.25, 0.3) is 0 Å². The average molecular weight is 517 g/mol. The molecule has 10 heteroatoms. The highest BCUT2D eigenvalue weighted by Gasteiger charge is 2.27. The molecule has 3 rings (SSSR count). The van der Waals surface area contributed by atoms with Crippen LogP contribution in [0.5, 0.6) is 0 Å². The summed E-state index contributed by atoms with van der Waals surface area (Å²) in [5.41, 5.74) is 1.69. The number of fused-ring (bicyclic) bond motifs is 1. The van der Waals surface area contributed by atoms with E-state index in [9.17, 15) is 13.2 Å². The van der Waals surface area contributed by atoms with Gasteiger partial charge in [-0.15, -0.1) is 12.4 Å². The van der Waals surface area contributed by atoms with Crippen LogP contribution in [0.3, 0.4) is 0 Å². The number of halogens is 2. The van der Waals surface area contributed by atoms with Crippen LogP contribution in [0.25, 0.3) is 10.2 Å². The number of aromatic nitrogens is 1. The van der Waals surface area contributed by atoms with E-state index in [4.69, 9.17) is 11.6 Å². The van der Waals surface area contributed by atoms with Crippen LogP contribution in [-0.2, 0) is 14.6 Å². The summed E-state index contributed by atoms with van der Waals surface area (Å²) in [6.07, 6.45) is 0. The Kier molecular flexibility index (Phi) is 9.48. The number of likely N-dealkylation sites (N-methyl/N-ethyl adjacent to an activating group) is 1. The number of sulfone groups is 1. The van der Waals surface area contributed by atoms with Crippen molar-refractivity contribution in [1.82, 2.24) is 9.88 Å². The van der Waals surface area contributed by atoms with Gasteiger partial charge in [-0.2, -0.15) is 0 Å². The number of hydrogen-bond donors (Lipinski definition) is 0. The van der Waals surface area contributed by atoms with Crippen LogP contribution >= 0.6 is 35.3 Å². The molecule has 0 aliphatic rings. The summed E-state index contributed by atoms with van der Waals surface area (Å²) in [6.45, 7) is 8.66. The third-order valence-corrected chi connectivity index (χ3v) is 7.99. The molecule has 0 spiro atoms. The zero-order valence-electron chi connectivity index (χ0n) is 18.2. The van der Waals surface area contributed by atoms with E-state index in [0.717, 1.165) is 28.9 Å². The first kappa shape index (κ1) is 26.5. The van der Waals surface area contributed by atoms with Crippen molar-refractivity contribution in [3.05, 3.63) is 53.1 Å². The van der Waals surface area contributed by atoms with Crippen LogP contribution in [0.15, 0.2) is 47.4 Å². The minimum absolute atomic E-state index is 0. The lowest BCUT2D eigenvalue weighted by atomic mass is 10.2. The molecule has 0 unspecified atom stereocenters. The number of anilines is 1. The third kappa shape index (κ3) is 6.42. The maximum absolute atomic E-state index is 13.2. The van der Waals surface area contributed by atoms with Crippen molar-refractivity contribution in [2.75, 3.05) is 36.8 Å². The lowest BCUT2D eigenvalue weighted by molar-refractivity contribution is -0.116. The van der Waals surface area contributed by atoms with Crippen molar-refractivity contribution in [2.45, 2.75) is 25.7 Å². The Morgan fingerprint density at radius 1 is 1.06 bits per heavy atom. The quantitative estimate of drug-likeness (QED) is 0.408. The maximum Gasteiger partial charge on any atom is 0.244 e. The lowest BCUT2D eigenvalue weighted by Crippen LogP contribution is -2.41. The maximum atomic E-state index is 13.2.